The lowest BCUT2D eigenvalue weighted by atomic mass is 10.1. The fourth-order valence-corrected chi connectivity index (χ4v) is 4.97. The maximum Gasteiger partial charge on any atom is 0.243 e. The zero-order valence-corrected chi connectivity index (χ0v) is 15.9. The van der Waals surface area contributed by atoms with Gasteiger partial charge in [-0.2, -0.15) is 4.31 Å². The molecule has 1 aromatic rings. The maximum absolute atomic E-state index is 12.8. The highest BCUT2D eigenvalue weighted by Gasteiger charge is 2.30. The Morgan fingerprint density at radius 2 is 1.79 bits per heavy atom. The van der Waals surface area contributed by atoms with Crippen molar-refractivity contribution < 1.29 is 8.42 Å². The molecule has 136 valence electrons. The van der Waals surface area contributed by atoms with Gasteiger partial charge >= 0.3 is 0 Å². The predicted octanol–water partition coefficient (Wildman–Crippen LogP) is 4.63. The van der Waals surface area contributed by atoms with Crippen LogP contribution in [0.2, 0.25) is 0 Å². The molecule has 5 heteroatoms. The highest BCUT2D eigenvalue weighted by molar-refractivity contribution is 7.89. The third kappa shape index (κ3) is 5.21. The lowest BCUT2D eigenvalue weighted by Crippen LogP contribution is -2.41. The van der Waals surface area contributed by atoms with E-state index in [-0.39, 0.29) is 6.04 Å². The average Bonchev–Trinajstić information content (AvgIpc) is 2.58. The number of piperidine rings is 1. The van der Waals surface area contributed by atoms with Crippen LogP contribution in [-0.4, -0.2) is 31.9 Å². The summed E-state index contributed by atoms with van der Waals surface area (Å²) < 4.78 is 27.2. The van der Waals surface area contributed by atoms with E-state index in [1.807, 2.05) is 19.1 Å². The fourth-order valence-electron chi connectivity index (χ4n) is 3.27. The van der Waals surface area contributed by atoms with Crippen LogP contribution in [0.15, 0.2) is 29.2 Å². The van der Waals surface area contributed by atoms with Crippen molar-refractivity contribution >= 4 is 15.7 Å². The number of anilines is 1. The summed E-state index contributed by atoms with van der Waals surface area (Å²) in [6.45, 7) is 5.81. The lowest BCUT2D eigenvalue weighted by molar-refractivity contribution is 0.268. The standard InChI is InChI=1S/C19H32N2O2S/c1-3-4-5-6-8-15-20-18-11-13-19(14-12-18)24(22,23)21-16-9-7-10-17(21)2/h11-14,17,20H,3-10,15-16H2,1-2H3. The number of hydrogen-bond donors (Lipinski definition) is 1. The summed E-state index contributed by atoms with van der Waals surface area (Å²) in [6.07, 6.45) is 9.31. The van der Waals surface area contributed by atoms with E-state index in [4.69, 9.17) is 0 Å². The van der Waals surface area contributed by atoms with Crippen LogP contribution in [0.25, 0.3) is 0 Å². The second kappa shape index (κ2) is 9.42. The monoisotopic (exact) mass is 352 g/mol. The summed E-state index contributed by atoms with van der Waals surface area (Å²) >= 11 is 0. The molecule has 1 aliphatic heterocycles. The van der Waals surface area contributed by atoms with Gasteiger partial charge in [0.05, 0.1) is 4.90 Å². The van der Waals surface area contributed by atoms with Gasteiger partial charge in [0.15, 0.2) is 0 Å². The van der Waals surface area contributed by atoms with Crippen molar-refractivity contribution in [2.45, 2.75) is 76.2 Å². The van der Waals surface area contributed by atoms with Crippen LogP contribution >= 0.6 is 0 Å². The van der Waals surface area contributed by atoms with Crippen LogP contribution < -0.4 is 5.32 Å². The molecule has 2 rings (SSSR count). The number of sulfonamides is 1. The molecule has 1 saturated heterocycles. The Morgan fingerprint density at radius 3 is 2.46 bits per heavy atom. The summed E-state index contributed by atoms with van der Waals surface area (Å²) in [5.41, 5.74) is 0.996. The second-order valence-electron chi connectivity index (χ2n) is 6.83. The first-order chi connectivity index (χ1) is 11.6. The van der Waals surface area contributed by atoms with Gasteiger partial charge in [-0.3, -0.25) is 0 Å². The molecule has 0 amide bonds. The van der Waals surface area contributed by atoms with E-state index >= 15 is 0 Å². The number of rotatable bonds is 9. The van der Waals surface area contributed by atoms with E-state index in [9.17, 15) is 8.42 Å². The molecule has 0 bridgehead atoms. The van der Waals surface area contributed by atoms with Crippen molar-refractivity contribution in [1.29, 1.82) is 0 Å². The minimum Gasteiger partial charge on any atom is -0.385 e. The minimum absolute atomic E-state index is 0.102. The van der Waals surface area contributed by atoms with Gasteiger partial charge in [-0.05, 0) is 50.5 Å². The summed E-state index contributed by atoms with van der Waals surface area (Å²) in [6, 6.07) is 7.33. The number of hydrogen-bond acceptors (Lipinski definition) is 3. The zero-order chi connectivity index (χ0) is 17.4. The summed E-state index contributed by atoms with van der Waals surface area (Å²) in [5, 5.41) is 3.38. The summed E-state index contributed by atoms with van der Waals surface area (Å²) in [5.74, 6) is 0. The van der Waals surface area contributed by atoms with Crippen LogP contribution in [0.5, 0.6) is 0 Å². The van der Waals surface area contributed by atoms with E-state index in [0.717, 1.165) is 37.9 Å². The van der Waals surface area contributed by atoms with E-state index in [0.29, 0.717) is 11.4 Å². The first-order valence-electron chi connectivity index (χ1n) is 9.41. The van der Waals surface area contributed by atoms with Gasteiger partial charge in [-0.25, -0.2) is 8.42 Å². The number of nitrogens with zero attached hydrogens (tertiary/aromatic N) is 1. The third-order valence-corrected chi connectivity index (χ3v) is 6.84. The Balaban J connectivity index is 1.89. The summed E-state index contributed by atoms with van der Waals surface area (Å²) in [4.78, 5) is 0.407. The van der Waals surface area contributed by atoms with Gasteiger partial charge < -0.3 is 5.32 Å². The van der Waals surface area contributed by atoms with Gasteiger partial charge in [0.1, 0.15) is 0 Å². The van der Waals surface area contributed by atoms with E-state index in [1.165, 1.54) is 25.7 Å². The van der Waals surface area contributed by atoms with Crippen molar-refractivity contribution in [3.05, 3.63) is 24.3 Å². The minimum atomic E-state index is -3.36. The van der Waals surface area contributed by atoms with Gasteiger partial charge in [-0.15, -0.1) is 0 Å². The number of unbranched alkanes of at least 4 members (excludes halogenated alkanes) is 4. The van der Waals surface area contributed by atoms with Crippen LogP contribution in [-0.2, 0) is 10.0 Å². The Labute approximate surface area is 147 Å². The Hall–Kier alpha value is -1.07. The Kier molecular flexibility index (Phi) is 7.56. The van der Waals surface area contributed by atoms with Crippen molar-refractivity contribution in [3.8, 4) is 0 Å². The topological polar surface area (TPSA) is 49.4 Å². The molecule has 1 fully saturated rings. The van der Waals surface area contributed by atoms with Crippen molar-refractivity contribution in [2.24, 2.45) is 0 Å². The maximum atomic E-state index is 12.8. The van der Waals surface area contributed by atoms with Crippen LogP contribution in [0.4, 0.5) is 5.69 Å². The van der Waals surface area contributed by atoms with Crippen molar-refractivity contribution in [3.63, 3.8) is 0 Å². The molecule has 1 unspecified atom stereocenters. The average molecular weight is 353 g/mol. The third-order valence-electron chi connectivity index (χ3n) is 4.81. The SMILES string of the molecule is CCCCCCCNc1ccc(S(=O)(=O)N2CCCCC2C)cc1. The van der Waals surface area contributed by atoms with Crippen LogP contribution in [0.3, 0.4) is 0 Å². The highest BCUT2D eigenvalue weighted by atomic mass is 32.2. The largest absolute Gasteiger partial charge is 0.385 e. The normalized spacial score (nSPS) is 19.3. The first kappa shape index (κ1) is 19.3. The fraction of sp³-hybridized carbons (Fsp3) is 0.684. The molecular weight excluding hydrogens is 320 g/mol. The molecule has 0 radical (unpaired) electrons. The summed E-state index contributed by atoms with van der Waals surface area (Å²) in [7, 11) is -3.36. The molecule has 1 aromatic carbocycles. The smallest absolute Gasteiger partial charge is 0.243 e. The molecule has 0 aliphatic carbocycles. The van der Waals surface area contributed by atoms with E-state index in [1.54, 1.807) is 16.4 Å². The molecule has 1 aliphatic rings. The van der Waals surface area contributed by atoms with Gasteiger partial charge in [0.2, 0.25) is 10.0 Å². The van der Waals surface area contributed by atoms with E-state index < -0.39 is 10.0 Å². The molecule has 0 aromatic heterocycles. The molecule has 24 heavy (non-hydrogen) atoms. The van der Waals surface area contributed by atoms with Crippen molar-refractivity contribution in [2.75, 3.05) is 18.4 Å². The molecular formula is C19H32N2O2S. The second-order valence-corrected chi connectivity index (χ2v) is 8.72. The molecule has 1 heterocycles. The van der Waals surface area contributed by atoms with Gasteiger partial charge in [0, 0.05) is 24.8 Å². The number of benzene rings is 1. The van der Waals surface area contributed by atoms with Crippen LogP contribution in [0, 0.1) is 0 Å². The van der Waals surface area contributed by atoms with Crippen molar-refractivity contribution in [1.82, 2.24) is 4.31 Å². The highest BCUT2D eigenvalue weighted by Crippen LogP contribution is 2.25. The van der Waals surface area contributed by atoms with E-state index in [2.05, 4.69) is 12.2 Å². The molecule has 1 N–H and O–H groups in total. The quantitative estimate of drug-likeness (QED) is 0.659. The van der Waals surface area contributed by atoms with Gasteiger partial charge in [-0.1, -0.05) is 39.0 Å². The molecule has 1 atom stereocenters. The first-order valence-corrected chi connectivity index (χ1v) is 10.9. The zero-order valence-electron chi connectivity index (χ0n) is 15.1. The molecule has 4 nitrogen and oxygen atoms in total. The predicted molar refractivity (Wildman–Crippen MR) is 101 cm³/mol. The lowest BCUT2D eigenvalue weighted by Gasteiger charge is -2.32. The molecule has 0 saturated carbocycles. The Morgan fingerprint density at radius 1 is 1.08 bits per heavy atom. The molecule has 0 spiro atoms. The number of nitrogens with one attached hydrogen (secondary N) is 1. The van der Waals surface area contributed by atoms with Gasteiger partial charge in [0.25, 0.3) is 0 Å². The van der Waals surface area contributed by atoms with Crippen LogP contribution in [0.1, 0.15) is 65.2 Å². The Bertz CT molecular complexity index is 584.